The molecule has 0 fully saturated rings. The van der Waals surface area contributed by atoms with E-state index in [4.69, 9.17) is 4.74 Å². The molecule has 4 nitrogen and oxygen atoms in total. The van der Waals surface area contributed by atoms with Gasteiger partial charge in [0.05, 0.1) is 29.9 Å². The fourth-order valence-corrected chi connectivity index (χ4v) is 2.96. The van der Waals surface area contributed by atoms with E-state index in [0.29, 0.717) is 12.4 Å². The highest BCUT2D eigenvalue weighted by Crippen LogP contribution is 2.14. The van der Waals surface area contributed by atoms with Crippen LogP contribution in [-0.4, -0.2) is 33.7 Å². The number of aliphatic hydroxyl groups is 1. The summed E-state index contributed by atoms with van der Waals surface area (Å²) in [6.07, 6.45) is -0.882. The van der Waals surface area contributed by atoms with Crippen LogP contribution in [0.25, 0.3) is 0 Å². The van der Waals surface area contributed by atoms with Crippen molar-refractivity contribution in [3.05, 3.63) is 30.3 Å². The molecule has 0 aromatic heterocycles. The fourth-order valence-electron chi connectivity index (χ4n) is 1.61. The quantitative estimate of drug-likeness (QED) is 0.775. The molecule has 0 aliphatic heterocycles. The summed E-state index contributed by atoms with van der Waals surface area (Å²) >= 11 is 0. The monoisotopic (exact) mass is 284 g/mol. The Morgan fingerprint density at radius 1 is 1.37 bits per heavy atom. The molecule has 19 heavy (non-hydrogen) atoms. The number of hydrogen-bond donors (Lipinski definition) is 1. The van der Waals surface area contributed by atoms with Gasteiger partial charge in [-0.2, -0.15) is 0 Å². The predicted octanol–water partition coefficient (Wildman–Crippen LogP) is 1.74. The van der Waals surface area contributed by atoms with Crippen molar-refractivity contribution in [3.63, 3.8) is 0 Å². The molecule has 106 valence electrons. The average Bonchev–Trinajstić information content (AvgIpc) is 2.39. The van der Waals surface area contributed by atoms with Crippen molar-refractivity contribution in [2.24, 2.45) is 5.92 Å². The van der Waals surface area contributed by atoms with Crippen LogP contribution in [0.15, 0.2) is 35.2 Å². The van der Waals surface area contributed by atoms with Gasteiger partial charge in [0.25, 0.3) is 0 Å². The molecule has 0 saturated carbocycles. The van der Waals surface area contributed by atoms with Gasteiger partial charge in [0, 0.05) is 10.6 Å². The molecule has 3 atom stereocenters. The molecule has 5 heteroatoms. The van der Waals surface area contributed by atoms with Crippen molar-refractivity contribution in [2.45, 2.75) is 31.3 Å². The van der Waals surface area contributed by atoms with E-state index in [1.807, 2.05) is 18.2 Å². The van der Waals surface area contributed by atoms with Crippen LogP contribution in [0.3, 0.4) is 0 Å². The number of esters is 1. The van der Waals surface area contributed by atoms with Crippen LogP contribution in [0, 0.1) is 5.92 Å². The van der Waals surface area contributed by atoms with E-state index < -0.39 is 22.9 Å². The first kappa shape index (κ1) is 15.9. The molecule has 0 amide bonds. The van der Waals surface area contributed by atoms with Crippen molar-refractivity contribution in [3.8, 4) is 0 Å². The van der Waals surface area contributed by atoms with E-state index in [1.165, 1.54) is 0 Å². The number of benzene rings is 1. The normalized spacial score (nSPS) is 15.5. The van der Waals surface area contributed by atoms with Crippen molar-refractivity contribution < 1.29 is 18.8 Å². The molecule has 1 aromatic rings. The topological polar surface area (TPSA) is 63.6 Å². The Bertz CT molecular complexity index is 419. The minimum atomic E-state index is -1.16. The van der Waals surface area contributed by atoms with E-state index in [1.54, 1.807) is 26.0 Å². The number of ether oxygens (including phenoxy) is 1. The maximum absolute atomic E-state index is 12.1. The van der Waals surface area contributed by atoms with E-state index in [0.717, 1.165) is 4.90 Å². The van der Waals surface area contributed by atoms with Crippen LogP contribution >= 0.6 is 0 Å². The predicted molar refractivity (Wildman–Crippen MR) is 74.1 cm³/mol. The lowest BCUT2D eigenvalue weighted by molar-refractivity contribution is -0.145. The molecular formula is C14H20O4S. The number of rotatable bonds is 7. The van der Waals surface area contributed by atoms with Crippen LogP contribution in [0.5, 0.6) is 0 Å². The third-order valence-electron chi connectivity index (χ3n) is 2.76. The Hall–Kier alpha value is -1.20. The molecule has 0 aliphatic carbocycles. The second-order valence-corrected chi connectivity index (χ2v) is 5.87. The van der Waals surface area contributed by atoms with Crippen LogP contribution < -0.4 is 0 Å². The first-order valence-electron chi connectivity index (χ1n) is 6.31. The molecule has 0 saturated heterocycles. The highest BCUT2D eigenvalue weighted by molar-refractivity contribution is 7.85. The van der Waals surface area contributed by atoms with Gasteiger partial charge in [-0.25, -0.2) is 0 Å². The number of carbonyl (C=O) groups is 1. The molecule has 0 bridgehead atoms. The zero-order valence-electron chi connectivity index (χ0n) is 11.2. The van der Waals surface area contributed by atoms with Gasteiger partial charge in [-0.3, -0.25) is 9.00 Å². The second kappa shape index (κ2) is 8.07. The minimum absolute atomic E-state index is 0.0546. The Kier molecular flexibility index (Phi) is 6.73. The van der Waals surface area contributed by atoms with Gasteiger partial charge >= 0.3 is 5.97 Å². The summed E-state index contributed by atoms with van der Waals surface area (Å²) in [6, 6.07) is 9.10. The largest absolute Gasteiger partial charge is 0.466 e. The fraction of sp³-hybridized carbons (Fsp3) is 0.500. The number of carbonyl (C=O) groups excluding carboxylic acids is 1. The summed E-state index contributed by atoms with van der Waals surface area (Å²) in [6.45, 7) is 3.80. The Morgan fingerprint density at radius 3 is 2.58 bits per heavy atom. The highest BCUT2D eigenvalue weighted by Gasteiger charge is 2.21. The zero-order valence-corrected chi connectivity index (χ0v) is 12.1. The summed E-state index contributed by atoms with van der Waals surface area (Å²) in [7, 11) is -1.16. The molecule has 0 aliphatic rings. The van der Waals surface area contributed by atoms with Gasteiger partial charge in [-0.05, 0) is 25.0 Å². The van der Waals surface area contributed by atoms with Gasteiger partial charge in [0.2, 0.25) is 0 Å². The lowest BCUT2D eigenvalue weighted by Gasteiger charge is -2.17. The lowest BCUT2D eigenvalue weighted by Crippen LogP contribution is -2.26. The second-order valence-electron chi connectivity index (χ2n) is 4.38. The van der Waals surface area contributed by atoms with Crippen LogP contribution in [0.2, 0.25) is 0 Å². The van der Waals surface area contributed by atoms with E-state index in [9.17, 15) is 14.1 Å². The standard InChI is InChI=1S/C14H20O4S/c1-3-18-14(16)9-13(15)11(2)10-19(17)12-7-5-4-6-8-12/h4-8,11,13,15H,3,9-10H2,1-2H3/t11-,13+,19?/m1/s1. The third-order valence-corrected chi connectivity index (χ3v) is 4.38. The van der Waals surface area contributed by atoms with Crippen LogP contribution in [-0.2, 0) is 20.3 Å². The van der Waals surface area contributed by atoms with Crippen molar-refractivity contribution in [2.75, 3.05) is 12.4 Å². The van der Waals surface area contributed by atoms with Gasteiger partial charge in [-0.15, -0.1) is 0 Å². The Morgan fingerprint density at radius 2 is 2.00 bits per heavy atom. The van der Waals surface area contributed by atoms with E-state index >= 15 is 0 Å². The lowest BCUT2D eigenvalue weighted by atomic mass is 10.0. The highest BCUT2D eigenvalue weighted by atomic mass is 32.2. The summed E-state index contributed by atoms with van der Waals surface area (Å²) in [5.41, 5.74) is 0. The summed E-state index contributed by atoms with van der Waals surface area (Å²) in [5.74, 6) is -0.331. The maximum Gasteiger partial charge on any atom is 0.308 e. The summed E-state index contributed by atoms with van der Waals surface area (Å²) in [4.78, 5) is 12.0. The van der Waals surface area contributed by atoms with Crippen LogP contribution in [0.1, 0.15) is 20.3 Å². The molecule has 1 N–H and O–H groups in total. The summed E-state index contributed by atoms with van der Waals surface area (Å²) in [5, 5.41) is 9.88. The van der Waals surface area contributed by atoms with Gasteiger partial charge < -0.3 is 9.84 Å². The molecular weight excluding hydrogens is 264 g/mol. The maximum atomic E-state index is 12.1. The van der Waals surface area contributed by atoms with Gasteiger partial charge in [0.15, 0.2) is 0 Å². The molecule has 1 rings (SSSR count). The number of aliphatic hydroxyl groups excluding tert-OH is 1. The zero-order chi connectivity index (χ0) is 14.3. The Balaban J connectivity index is 2.48. The number of hydrogen-bond acceptors (Lipinski definition) is 4. The molecule has 1 aromatic carbocycles. The van der Waals surface area contributed by atoms with Crippen molar-refractivity contribution >= 4 is 16.8 Å². The molecule has 1 unspecified atom stereocenters. The summed E-state index contributed by atoms with van der Waals surface area (Å²) < 4.78 is 16.8. The van der Waals surface area contributed by atoms with Crippen LogP contribution in [0.4, 0.5) is 0 Å². The first-order valence-corrected chi connectivity index (χ1v) is 7.63. The van der Waals surface area contributed by atoms with Crippen molar-refractivity contribution in [1.82, 2.24) is 0 Å². The van der Waals surface area contributed by atoms with Gasteiger partial charge in [-0.1, -0.05) is 25.1 Å². The molecule has 0 spiro atoms. The van der Waals surface area contributed by atoms with E-state index in [2.05, 4.69) is 0 Å². The Labute approximate surface area is 116 Å². The third kappa shape index (κ3) is 5.53. The van der Waals surface area contributed by atoms with E-state index in [-0.39, 0.29) is 12.3 Å². The molecule has 0 heterocycles. The minimum Gasteiger partial charge on any atom is -0.466 e. The smallest absolute Gasteiger partial charge is 0.308 e. The van der Waals surface area contributed by atoms with Crippen molar-refractivity contribution in [1.29, 1.82) is 0 Å². The molecule has 0 radical (unpaired) electrons. The SMILES string of the molecule is CCOC(=O)C[C@H](O)[C@H](C)CS(=O)c1ccccc1. The average molecular weight is 284 g/mol. The first-order chi connectivity index (χ1) is 9.04. The van der Waals surface area contributed by atoms with Gasteiger partial charge in [0.1, 0.15) is 0 Å².